The first-order valence-electron chi connectivity index (χ1n) is 2.61. The smallest absolute Gasteiger partial charge is 0.235 e. The molecule has 0 rings (SSSR count). The van der Waals surface area contributed by atoms with E-state index in [0.717, 1.165) is 0 Å². The average Bonchev–Trinajstić information content (AvgIpc) is 1.92. The van der Waals surface area contributed by atoms with Crippen LogP contribution in [0.25, 0.3) is 0 Å². The lowest BCUT2D eigenvalue weighted by molar-refractivity contribution is -0.139. The summed E-state index contributed by atoms with van der Waals surface area (Å²) in [4.78, 5) is 20.5. The van der Waals surface area contributed by atoms with Gasteiger partial charge in [-0.2, -0.15) is 0 Å². The Bertz CT molecular complexity index is 141. The molecule has 0 atom stereocenters. The standard InChI is InChI=1S/C5H9NO4/c6-4(10)5(1-7,2-8)3-9/h1,8-9H,2-3H2,(H2,6,10). The van der Waals surface area contributed by atoms with Crippen LogP contribution in [0, 0.1) is 5.41 Å². The minimum Gasteiger partial charge on any atom is -0.395 e. The molecule has 10 heavy (non-hydrogen) atoms. The zero-order chi connectivity index (χ0) is 8.20. The normalized spacial score (nSPS) is 11.0. The first-order valence-corrected chi connectivity index (χ1v) is 2.61. The second-order valence-corrected chi connectivity index (χ2v) is 1.95. The Labute approximate surface area is 57.5 Å². The molecule has 1 amide bonds. The van der Waals surface area contributed by atoms with Crippen LogP contribution in [-0.4, -0.2) is 35.6 Å². The molecule has 0 aliphatic heterocycles. The second-order valence-electron chi connectivity index (χ2n) is 1.95. The summed E-state index contributed by atoms with van der Waals surface area (Å²) in [6, 6.07) is 0. The number of primary amides is 1. The number of rotatable bonds is 4. The van der Waals surface area contributed by atoms with E-state index < -0.39 is 24.5 Å². The van der Waals surface area contributed by atoms with Gasteiger partial charge in [0.05, 0.1) is 13.2 Å². The number of aldehydes is 1. The molecule has 0 spiro atoms. The third kappa shape index (κ3) is 1.31. The van der Waals surface area contributed by atoms with Crippen molar-refractivity contribution in [1.82, 2.24) is 0 Å². The van der Waals surface area contributed by atoms with Gasteiger partial charge in [0, 0.05) is 0 Å². The van der Waals surface area contributed by atoms with Crippen LogP contribution in [-0.2, 0) is 9.59 Å². The average molecular weight is 147 g/mol. The second kappa shape index (κ2) is 3.28. The van der Waals surface area contributed by atoms with Crippen LogP contribution in [0.2, 0.25) is 0 Å². The van der Waals surface area contributed by atoms with E-state index in [1.54, 1.807) is 0 Å². The summed E-state index contributed by atoms with van der Waals surface area (Å²) in [5, 5.41) is 16.9. The van der Waals surface area contributed by atoms with Gasteiger partial charge in [0.2, 0.25) is 5.91 Å². The molecule has 0 aromatic rings. The number of nitrogens with two attached hydrogens (primary N) is 1. The molecule has 4 N–H and O–H groups in total. The third-order valence-corrected chi connectivity index (χ3v) is 1.28. The van der Waals surface area contributed by atoms with Crippen molar-refractivity contribution >= 4 is 12.2 Å². The summed E-state index contributed by atoms with van der Waals surface area (Å²) in [5.74, 6) is -1.02. The molecule has 0 bridgehead atoms. The Morgan fingerprint density at radius 2 is 1.90 bits per heavy atom. The molecule has 0 fully saturated rings. The largest absolute Gasteiger partial charge is 0.395 e. The summed E-state index contributed by atoms with van der Waals surface area (Å²) in [5.41, 5.74) is 2.91. The van der Waals surface area contributed by atoms with Gasteiger partial charge in [-0.15, -0.1) is 0 Å². The highest BCUT2D eigenvalue weighted by Gasteiger charge is 2.35. The van der Waals surface area contributed by atoms with E-state index in [2.05, 4.69) is 0 Å². The van der Waals surface area contributed by atoms with Crippen molar-refractivity contribution < 1.29 is 19.8 Å². The summed E-state index contributed by atoms with van der Waals surface area (Å²) >= 11 is 0. The van der Waals surface area contributed by atoms with Gasteiger partial charge in [-0.1, -0.05) is 0 Å². The minimum absolute atomic E-state index is 0.148. The summed E-state index contributed by atoms with van der Waals surface area (Å²) in [6.45, 7) is -1.52. The van der Waals surface area contributed by atoms with Gasteiger partial charge in [0.25, 0.3) is 0 Å². The van der Waals surface area contributed by atoms with Crippen molar-refractivity contribution in [3.63, 3.8) is 0 Å². The molecule has 0 heterocycles. The van der Waals surface area contributed by atoms with Crippen molar-refractivity contribution in [3.8, 4) is 0 Å². The highest BCUT2D eigenvalue weighted by molar-refractivity contribution is 5.96. The molecule has 58 valence electrons. The number of aliphatic hydroxyl groups is 2. The van der Waals surface area contributed by atoms with Crippen molar-refractivity contribution in [2.24, 2.45) is 11.1 Å². The quantitative estimate of drug-likeness (QED) is 0.306. The maximum Gasteiger partial charge on any atom is 0.235 e. The molecular formula is C5H9NO4. The Balaban J connectivity index is 4.46. The zero-order valence-electron chi connectivity index (χ0n) is 5.28. The fourth-order valence-corrected chi connectivity index (χ4v) is 0.338. The van der Waals surface area contributed by atoms with Crippen LogP contribution in [0.4, 0.5) is 0 Å². The van der Waals surface area contributed by atoms with Crippen molar-refractivity contribution in [2.45, 2.75) is 0 Å². The van der Waals surface area contributed by atoms with Gasteiger partial charge in [-0.3, -0.25) is 4.79 Å². The lowest BCUT2D eigenvalue weighted by Gasteiger charge is -2.17. The number of carbonyl (C=O) groups excluding carboxylic acids is 2. The van der Waals surface area contributed by atoms with Crippen molar-refractivity contribution in [2.75, 3.05) is 13.2 Å². The summed E-state index contributed by atoms with van der Waals surface area (Å²) in [6.07, 6.45) is 0.148. The SMILES string of the molecule is NC(=O)C(C=O)(CO)CO. The molecule has 0 aliphatic rings. The Kier molecular flexibility index (Phi) is 2.98. The zero-order valence-corrected chi connectivity index (χ0v) is 5.28. The predicted molar refractivity (Wildman–Crippen MR) is 31.9 cm³/mol. The number of hydrogen-bond acceptors (Lipinski definition) is 4. The Morgan fingerprint density at radius 3 is 1.90 bits per heavy atom. The van der Waals surface area contributed by atoms with Crippen LogP contribution in [0.15, 0.2) is 0 Å². The first kappa shape index (κ1) is 9.06. The number of amides is 1. The van der Waals surface area contributed by atoms with Gasteiger partial charge >= 0.3 is 0 Å². The van der Waals surface area contributed by atoms with Crippen molar-refractivity contribution in [1.29, 1.82) is 0 Å². The van der Waals surface area contributed by atoms with E-state index in [-0.39, 0.29) is 6.29 Å². The number of carbonyl (C=O) groups is 2. The van der Waals surface area contributed by atoms with Gasteiger partial charge in [-0.25, -0.2) is 0 Å². The first-order chi connectivity index (χ1) is 4.63. The molecule has 0 unspecified atom stereocenters. The lowest BCUT2D eigenvalue weighted by Crippen LogP contribution is -2.44. The minimum atomic E-state index is -1.81. The molecule has 0 aliphatic carbocycles. The predicted octanol–water partition coefficient (Wildman–Crippen LogP) is -2.36. The highest BCUT2D eigenvalue weighted by Crippen LogP contribution is 2.09. The van der Waals surface area contributed by atoms with E-state index in [1.807, 2.05) is 0 Å². The topological polar surface area (TPSA) is 101 Å². The van der Waals surface area contributed by atoms with E-state index in [0.29, 0.717) is 0 Å². The molecule has 0 saturated heterocycles. The van der Waals surface area contributed by atoms with E-state index >= 15 is 0 Å². The Hall–Kier alpha value is -0.940. The summed E-state index contributed by atoms with van der Waals surface area (Å²) in [7, 11) is 0. The van der Waals surface area contributed by atoms with E-state index in [9.17, 15) is 9.59 Å². The highest BCUT2D eigenvalue weighted by atomic mass is 16.3. The fraction of sp³-hybridized carbons (Fsp3) is 0.600. The van der Waals surface area contributed by atoms with Gasteiger partial charge in [-0.05, 0) is 0 Å². The molecule has 0 aromatic heterocycles. The summed E-state index contributed by atoms with van der Waals surface area (Å²) < 4.78 is 0. The molecule has 5 nitrogen and oxygen atoms in total. The molecule has 0 saturated carbocycles. The molecule has 5 heteroatoms. The van der Waals surface area contributed by atoms with Gasteiger partial charge in [0.1, 0.15) is 11.7 Å². The lowest BCUT2D eigenvalue weighted by atomic mass is 9.92. The third-order valence-electron chi connectivity index (χ3n) is 1.28. The van der Waals surface area contributed by atoms with E-state index in [1.165, 1.54) is 0 Å². The van der Waals surface area contributed by atoms with Gasteiger partial charge in [0.15, 0.2) is 0 Å². The number of hydrogen-bond donors (Lipinski definition) is 3. The monoisotopic (exact) mass is 147 g/mol. The van der Waals surface area contributed by atoms with Crippen LogP contribution in [0.3, 0.4) is 0 Å². The van der Waals surface area contributed by atoms with Crippen LogP contribution in [0.1, 0.15) is 0 Å². The van der Waals surface area contributed by atoms with Crippen LogP contribution in [0.5, 0.6) is 0 Å². The van der Waals surface area contributed by atoms with E-state index in [4.69, 9.17) is 15.9 Å². The molecule has 0 radical (unpaired) electrons. The van der Waals surface area contributed by atoms with Crippen LogP contribution >= 0.6 is 0 Å². The van der Waals surface area contributed by atoms with Crippen LogP contribution < -0.4 is 5.73 Å². The maximum absolute atomic E-state index is 10.4. The van der Waals surface area contributed by atoms with Gasteiger partial charge < -0.3 is 20.7 Å². The molecule has 0 aromatic carbocycles. The fourth-order valence-electron chi connectivity index (χ4n) is 0.338. The Morgan fingerprint density at radius 1 is 1.50 bits per heavy atom. The van der Waals surface area contributed by atoms with Crippen molar-refractivity contribution in [3.05, 3.63) is 0 Å². The number of aliphatic hydroxyl groups excluding tert-OH is 2. The maximum atomic E-state index is 10.4. The molecular weight excluding hydrogens is 138 g/mol.